The third-order valence-electron chi connectivity index (χ3n) is 1.49. The van der Waals surface area contributed by atoms with Crippen molar-refractivity contribution in [2.24, 2.45) is 5.10 Å². The van der Waals surface area contributed by atoms with Crippen LogP contribution in [0.25, 0.3) is 0 Å². The van der Waals surface area contributed by atoms with Crippen LogP contribution in [0.1, 0.15) is 5.56 Å². The Kier molecular flexibility index (Phi) is 5.03. The second kappa shape index (κ2) is 6.67. The fourth-order valence-electron chi connectivity index (χ4n) is 0.819. The smallest absolute Gasteiger partial charge is 0.187 e. The van der Waals surface area contributed by atoms with Gasteiger partial charge >= 0.3 is 0 Å². The van der Waals surface area contributed by atoms with Crippen LogP contribution in [0.2, 0.25) is 0 Å². The summed E-state index contributed by atoms with van der Waals surface area (Å²) in [5, 5.41) is 7.32. The summed E-state index contributed by atoms with van der Waals surface area (Å²) >= 11 is 4.94. The second-order valence-corrected chi connectivity index (χ2v) is 3.06. The minimum absolute atomic E-state index is 0.472. The SMILES string of the molecule is C=CCNC(=S)N/N=C/c1ccncc1. The van der Waals surface area contributed by atoms with Crippen LogP contribution in [0.15, 0.2) is 42.3 Å². The van der Waals surface area contributed by atoms with Crippen LogP contribution < -0.4 is 10.7 Å². The van der Waals surface area contributed by atoms with Crippen molar-refractivity contribution in [2.75, 3.05) is 6.54 Å². The molecule has 2 N–H and O–H groups in total. The predicted molar refractivity (Wildman–Crippen MR) is 65.8 cm³/mol. The lowest BCUT2D eigenvalue weighted by Crippen LogP contribution is -2.31. The average molecular weight is 220 g/mol. The number of nitrogens with zero attached hydrogens (tertiary/aromatic N) is 2. The Bertz CT molecular complexity index is 348. The van der Waals surface area contributed by atoms with Crippen molar-refractivity contribution >= 4 is 23.5 Å². The van der Waals surface area contributed by atoms with E-state index in [1.807, 2.05) is 12.1 Å². The summed E-state index contributed by atoms with van der Waals surface area (Å²) in [4.78, 5) is 3.90. The third-order valence-corrected chi connectivity index (χ3v) is 1.73. The van der Waals surface area contributed by atoms with E-state index in [9.17, 15) is 0 Å². The first-order valence-corrected chi connectivity index (χ1v) is 4.81. The van der Waals surface area contributed by atoms with Crippen molar-refractivity contribution < 1.29 is 0 Å². The van der Waals surface area contributed by atoms with E-state index < -0.39 is 0 Å². The van der Waals surface area contributed by atoms with Gasteiger partial charge in [0.25, 0.3) is 0 Å². The fourth-order valence-corrected chi connectivity index (χ4v) is 0.955. The highest BCUT2D eigenvalue weighted by Crippen LogP contribution is 1.89. The normalized spacial score (nSPS) is 9.87. The van der Waals surface area contributed by atoms with E-state index in [1.165, 1.54) is 0 Å². The number of pyridine rings is 1. The molecule has 0 amide bonds. The lowest BCUT2D eigenvalue weighted by molar-refractivity contribution is 0.941. The van der Waals surface area contributed by atoms with Crippen molar-refractivity contribution in [1.29, 1.82) is 0 Å². The quantitative estimate of drug-likeness (QED) is 0.345. The average Bonchev–Trinajstić information content (AvgIpc) is 2.28. The zero-order chi connectivity index (χ0) is 10.9. The summed E-state index contributed by atoms with van der Waals surface area (Å²) in [7, 11) is 0. The molecule has 0 spiro atoms. The first-order valence-electron chi connectivity index (χ1n) is 4.41. The highest BCUT2D eigenvalue weighted by atomic mass is 32.1. The van der Waals surface area contributed by atoms with E-state index in [-0.39, 0.29) is 0 Å². The minimum Gasteiger partial charge on any atom is -0.358 e. The van der Waals surface area contributed by atoms with Crippen LogP contribution >= 0.6 is 12.2 Å². The van der Waals surface area contributed by atoms with Gasteiger partial charge in [0, 0.05) is 18.9 Å². The van der Waals surface area contributed by atoms with Gasteiger partial charge in [0.15, 0.2) is 5.11 Å². The van der Waals surface area contributed by atoms with Crippen LogP contribution in [-0.2, 0) is 0 Å². The molecule has 0 atom stereocenters. The van der Waals surface area contributed by atoms with Gasteiger partial charge in [-0.15, -0.1) is 6.58 Å². The molecule has 0 aliphatic carbocycles. The summed E-state index contributed by atoms with van der Waals surface area (Å²) in [6.07, 6.45) is 6.80. The van der Waals surface area contributed by atoms with Crippen molar-refractivity contribution in [1.82, 2.24) is 15.7 Å². The molecular weight excluding hydrogens is 208 g/mol. The molecule has 4 nitrogen and oxygen atoms in total. The molecule has 5 heteroatoms. The zero-order valence-electron chi connectivity index (χ0n) is 8.18. The number of thiocarbonyl (C=S) groups is 1. The van der Waals surface area contributed by atoms with Gasteiger partial charge < -0.3 is 5.32 Å². The van der Waals surface area contributed by atoms with E-state index in [0.717, 1.165) is 5.56 Å². The van der Waals surface area contributed by atoms with Gasteiger partial charge in [0.1, 0.15) is 0 Å². The summed E-state index contributed by atoms with van der Waals surface area (Å²) in [5.74, 6) is 0. The maximum atomic E-state index is 4.94. The van der Waals surface area contributed by atoms with Gasteiger partial charge in [0.2, 0.25) is 0 Å². The molecular formula is C10H12N4S. The molecule has 1 heterocycles. The number of hydrogen-bond acceptors (Lipinski definition) is 3. The van der Waals surface area contributed by atoms with Crippen LogP contribution in [-0.4, -0.2) is 22.9 Å². The summed E-state index contributed by atoms with van der Waals surface area (Å²) in [6.45, 7) is 4.19. The maximum absolute atomic E-state index is 4.94. The summed E-state index contributed by atoms with van der Waals surface area (Å²) < 4.78 is 0. The molecule has 0 fully saturated rings. The van der Waals surface area contributed by atoms with Crippen molar-refractivity contribution in [3.63, 3.8) is 0 Å². The molecule has 78 valence electrons. The highest BCUT2D eigenvalue weighted by Gasteiger charge is 1.88. The van der Waals surface area contributed by atoms with E-state index in [0.29, 0.717) is 11.7 Å². The number of nitrogens with one attached hydrogen (secondary N) is 2. The summed E-state index contributed by atoms with van der Waals surface area (Å²) in [5.41, 5.74) is 3.65. The van der Waals surface area contributed by atoms with Gasteiger partial charge in [-0.05, 0) is 29.9 Å². The van der Waals surface area contributed by atoms with E-state index in [4.69, 9.17) is 12.2 Å². The van der Waals surface area contributed by atoms with Gasteiger partial charge in [-0.2, -0.15) is 5.10 Å². The van der Waals surface area contributed by atoms with Gasteiger partial charge in [0.05, 0.1) is 6.21 Å². The Morgan fingerprint density at radius 1 is 1.53 bits per heavy atom. The maximum Gasteiger partial charge on any atom is 0.187 e. The van der Waals surface area contributed by atoms with Crippen molar-refractivity contribution in [2.45, 2.75) is 0 Å². The topological polar surface area (TPSA) is 49.3 Å². The molecule has 0 bridgehead atoms. The number of aromatic nitrogens is 1. The Labute approximate surface area is 94.1 Å². The molecule has 0 saturated carbocycles. The third kappa shape index (κ3) is 4.87. The van der Waals surface area contributed by atoms with Crippen molar-refractivity contribution in [3.8, 4) is 0 Å². The van der Waals surface area contributed by atoms with Crippen LogP contribution in [0.5, 0.6) is 0 Å². The zero-order valence-corrected chi connectivity index (χ0v) is 9.00. The molecule has 0 aliphatic rings. The molecule has 0 aromatic carbocycles. The largest absolute Gasteiger partial charge is 0.358 e. The number of rotatable bonds is 4. The molecule has 0 radical (unpaired) electrons. The number of hydrazone groups is 1. The Hall–Kier alpha value is -1.75. The second-order valence-electron chi connectivity index (χ2n) is 2.65. The van der Waals surface area contributed by atoms with Gasteiger partial charge in [-0.25, -0.2) is 0 Å². The van der Waals surface area contributed by atoms with E-state index in [1.54, 1.807) is 24.7 Å². The molecule has 0 aliphatic heterocycles. The first kappa shape index (κ1) is 11.3. The standard InChI is InChI=1S/C10H12N4S/c1-2-5-12-10(15)14-13-8-9-3-6-11-7-4-9/h2-4,6-8H,1,5H2,(H2,12,14,15)/b13-8+. The minimum atomic E-state index is 0.472. The molecule has 0 saturated heterocycles. The summed E-state index contributed by atoms with van der Waals surface area (Å²) in [6, 6.07) is 3.71. The van der Waals surface area contributed by atoms with E-state index in [2.05, 4.69) is 27.4 Å². The lowest BCUT2D eigenvalue weighted by Gasteiger charge is -2.02. The fraction of sp³-hybridized carbons (Fsp3) is 0.100. The van der Waals surface area contributed by atoms with Gasteiger partial charge in [-0.1, -0.05) is 6.08 Å². The molecule has 1 aromatic heterocycles. The van der Waals surface area contributed by atoms with Crippen LogP contribution in [0, 0.1) is 0 Å². The Morgan fingerprint density at radius 3 is 2.93 bits per heavy atom. The molecule has 1 aromatic rings. The van der Waals surface area contributed by atoms with Crippen molar-refractivity contribution in [3.05, 3.63) is 42.7 Å². The number of hydrogen-bond donors (Lipinski definition) is 2. The highest BCUT2D eigenvalue weighted by molar-refractivity contribution is 7.80. The first-order chi connectivity index (χ1) is 7.33. The molecule has 15 heavy (non-hydrogen) atoms. The Balaban J connectivity index is 2.33. The van der Waals surface area contributed by atoms with Crippen LogP contribution in [0.3, 0.4) is 0 Å². The lowest BCUT2D eigenvalue weighted by atomic mass is 10.3. The molecule has 1 rings (SSSR count). The molecule has 0 unspecified atom stereocenters. The van der Waals surface area contributed by atoms with E-state index >= 15 is 0 Å². The van der Waals surface area contributed by atoms with Crippen LogP contribution in [0.4, 0.5) is 0 Å². The monoisotopic (exact) mass is 220 g/mol. The Morgan fingerprint density at radius 2 is 2.27 bits per heavy atom. The predicted octanol–water partition coefficient (Wildman–Crippen LogP) is 1.07. The van der Waals surface area contributed by atoms with Gasteiger partial charge in [-0.3, -0.25) is 10.4 Å².